The van der Waals surface area contributed by atoms with E-state index >= 15 is 0 Å². The van der Waals surface area contributed by atoms with E-state index in [0.29, 0.717) is 0 Å². The van der Waals surface area contributed by atoms with E-state index in [9.17, 15) is 0 Å². The van der Waals surface area contributed by atoms with Crippen molar-refractivity contribution in [1.29, 1.82) is 0 Å². The van der Waals surface area contributed by atoms with Crippen molar-refractivity contribution >= 4 is 59.9 Å². The monoisotopic (exact) mass is 544 g/mol. The molecule has 0 aromatic carbocycles. The fourth-order valence-corrected chi connectivity index (χ4v) is 1.80. The Morgan fingerprint density at radius 2 is 1.67 bits per heavy atom. The maximum atomic E-state index is 3.30. The van der Waals surface area contributed by atoms with E-state index in [4.69, 9.17) is 0 Å². The quantitative estimate of drug-likeness (QED) is 0.472. The van der Waals surface area contributed by atoms with Crippen molar-refractivity contribution in [3.05, 3.63) is 0 Å². The third kappa shape index (κ3) is 4.05. The van der Waals surface area contributed by atoms with Gasteiger partial charge in [-0.1, -0.05) is 0 Å². The molecule has 0 saturated carbocycles. The van der Waals surface area contributed by atoms with Crippen molar-refractivity contribution in [3.63, 3.8) is 0 Å². The van der Waals surface area contributed by atoms with Crippen LogP contribution in [-0.2, 0) is 4.92 Å². The van der Waals surface area contributed by atoms with Crippen LogP contribution in [0.4, 0.5) is 0 Å². The van der Waals surface area contributed by atoms with Gasteiger partial charge in [-0.25, -0.2) is 0 Å². The third-order valence-electron chi connectivity index (χ3n) is 2.21. The summed E-state index contributed by atoms with van der Waals surface area (Å²) in [5.41, 5.74) is 0.731. The zero-order valence-electron chi connectivity index (χ0n) is 6.86. The minimum absolute atomic E-state index is 0.278. The molecule has 1 spiro atoms. The van der Waals surface area contributed by atoms with Crippen molar-refractivity contribution in [1.82, 2.24) is 10.2 Å². The zero-order chi connectivity index (χ0) is 9.19. The first-order valence-corrected chi connectivity index (χ1v) is 17.2. The van der Waals surface area contributed by atoms with Crippen LogP contribution in [0.2, 0.25) is 0 Å². The number of likely N-dealkylation sites (tertiary alicyclic amines) is 1. The summed E-state index contributed by atoms with van der Waals surface area (Å²) < 4.78 is 0. The predicted octanol–water partition coefficient (Wildman–Crippen LogP) is 2.18. The van der Waals surface area contributed by atoms with E-state index in [1.807, 2.05) is 0 Å². The van der Waals surface area contributed by atoms with Crippen LogP contribution < -0.4 is 5.32 Å². The number of hydrogen-bond acceptors (Lipinski definition) is 2. The van der Waals surface area contributed by atoms with Crippen molar-refractivity contribution in [3.8, 4) is 0 Å². The fraction of sp³-hybridized carbons (Fsp3) is 1.00. The molecule has 2 aliphatic rings. The molecule has 0 unspecified atom stereocenters. The minimum atomic E-state index is -0.278. The van der Waals surface area contributed by atoms with Crippen molar-refractivity contribution in [2.45, 2.75) is 0 Å². The third-order valence-corrected chi connectivity index (χ3v) is 2.21. The summed E-state index contributed by atoms with van der Waals surface area (Å²) in [6, 6.07) is 0. The van der Waals surface area contributed by atoms with E-state index in [1.54, 1.807) is 0 Å². The van der Waals surface area contributed by atoms with Crippen LogP contribution in [0.1, 0.15) is 0 Å². The molecule has 72 valence electrons. The van der Waals surface area contributed by atoms with Crippen LogP contribution in [-0.4, -0.2) is 38.1 Å². The molecule has 0 amide bonds. The summed E-state index contributed by atoms with van der Waals surface area (Å²) in [5, 5.41) is 3.30. The second-order valence-corrected chi connectivity index (χ2v) is 38.8. The fourth-order valence-electron chi connectivity index (χ4n) is 1.80. The number of nitrogens with zero attached hydrogens (tertiary/aromatic N) is 1. The number of hydrogen-bond donors (Lipinski definition) is 1. The number of rotatable bonds is 0. The summed E-state index contributed by atoms with van der Waals surface area (Å²) in [7, 11) is 2.18. The Balaban J connectivity index is 0.000000157. The molecular weight excluding hydrogens is 532 g/mol. The molecule has 1 N–H and O–H groups in total. The van der Waals surface area contributed by atoms with E-state index in [2.05, 4.69) is 77.2 Å². The molecule has 0 aliphatic carbocycles. The first-order chi connectivity index (χ1) is 5.54. The molecule has 0 atom stereocenters. The van der Waals surface area contributed by atoms with Crippen LogP contribution in [0.15, 0.2) is 0 Å². The van der Waals surface area contributed by atoms with Gasteiger partial charge in [0.2, 0.25) is 0 Å². The van der Waals surface area contributed by atoms with Crippen LogP contribution in [0.5, 0.6) is 0 Å². The zero-order valence-corrected chi connectivity index (χ0v) is 14.7. The second-order valence-electron chi connectivity index (χ2n) is 3.47. The summed E-state index contributed by atoms with van der Waals surface area (Å²) in [6.45, 7) is 5.16. The molecule has 2 aliphatic heterocycles. The topological polar surface area (TPSA) is 15.3 Å². The van der Waals surface area contributed by atoms with E-state index in [1.165, 1.54) is 26.2 Å². The molecular formula is C6H12I3N2V. The van der Waals surface area contributed by atoms with E-state index < -0.39 is 0 Å². The first-order valence-electron chi connectivity index (χ1n) is 3.71. The molecule has 0 bridgehead atoms. The van der Waals surface area contributed by atoms with Gasteiger partial charge in [0, 0.05) is 31.6 Å². The molecule has 6 heteroatoms. The first kappa shape index (κ1) is 12.8. The predicted molar refractivity (Wildman–Crippen MR) is 74.9 cm³/mol. The molecule has 0 aromatic rings. The van der Waals surface area contributed by atoms with E-state index in [-0.39, 0.29) is 4.92 Å². The Morgan fingerprint density at radius 1 is 1.25 bits per heavy atom. The van der Waals surface area contributed by atoms with Gasteiger partial charge in [-0.2, -0.15) is 0 Å². The Labute approximate surface area is 112 Å². The summed E-state index contributed by atoms with van der Waals surface area (Å²) in [6.07, 6.45) is 0. The Morgan fingerprint density at radius 3 is 1.75 bits per heavy atom. The Bertz CT molecular complexity index is 141. The molecule has 2 nitrogen and oxygen atoms in total. The number of nitrogens with one attached hydrogen (secondary N) is 1. The van der Waals surface area contributed by atoms with Gasteiger partial charge in [-0.15, -0.1) is 0 Å². The van der Waals surface area contributed by atoms with Gasteiger partial charge in [0.05, 0.1) is 0 Å². The Hall–Kier alpha value is 2.69. The molecule has 0 aromatic heterocycles. The van der Waals surface area contributed by atoms with Crippen LogP contribution in [0.25, 0.3) is 0 Å². The molecule has 2 rings (SSSR count). The van der Waals surface area contributed by atoms with Crippen molar-refractivity contribution < 1.29 is 4.92 Å². The average Bonchev–Trinajstić information content (AvgIpc) is 1.74. The summed E-state index contributed by atoms with van der Waals surface area (Å²) >= 11 is 7.39. The SMILES string of the molecule is CN1CC2(CNC2)C1.[I][V]([I])[I]. The molecule has 2 heterocycles. The van der Waals surface area contributed by atoms with Crippen molar-refractivity contribution in [2.75, 3.05) is 33.2 Å². The van der Waals surface area contributed by atoms with E-state index in [0.717, 1.165) is 5.41 Å². The normalized spacial score (nSPS) is 25.8. The summed E-state index contributed by atoms with van der Waals surface area (Å²) in [5.74, 6) is 0. The molecule has 0 radical (unpaired) electrons. The van der Waals surface area contributed by atoms with Gasteiger partial charge in [0.1, 0.15) is 0 Å². The average molecular weight is 544 g/mol. The van der Waals surface area contributed by atoms with Crippen LogP contribution in [0, 0.1) is 5.41 Å². The maximum absolute atomic E-state index is 3.30. The van der Waals surface area contributed by atoms with Gasteiger partial charge in [-0.3, -0.25) is 0 Å². The molecule has 2 fully saturated rings. The summed E-state index contributed by atoms with van der Waals surface area (Å²) in [4.78, 5) is 2.10. The van der Waals surface area contributed by atoms with Crippen LogP contribution in [0.3, 0.4) is 0 Å². The Kier molecular flexibility index (Phi) is 6.05. The van der Waals surface area contributed by atoms with Gasteiger partial charge in [-0.05, 0) is 7.05 Å². The van der Waals surface area contributed by atoms with Crippen molar-refractivity contribution in [2.24, 2.45) is 5.41 Å². The standard InChI is InChI=1S/C6H12N2.3HI.V/c1-8-4-6(5-8)2-7-3-6;;;;/h7H,2-5H2,1H3;3*1H;/q;;;;+3/p-3. The van der Waals surface area contributed by atoms with Gasteiger partial charge in [0.25, 0.3) is 0 Å². The van der Waals surface area contributed by atoms with Gasteiger partial charge in [0.15, 0.2) is 0 Å². The number of halogens is 3. The van der Waals surface area contributed by atoms with Crippen LogP contribution >= 0.6 is 59.9 Å². The molecule has 12 heavy (non-hydrogen) atoms. The second kappa shape index (κ2) is 5.69. The van der Waals surface area contributed by atoms with Gasteiger partial charge < -0.3 is 10.2 Å². The van der Waals surface area contributed by atoms with Gasteiger partial charge >= 0.3 is 64.9 Å². The molecule has 2 saturated heterocycles.